The molecule has 1 atom stereocenters. The molecule has 4 aromatic carbocycles. The van der Waals surface area contributed by atoms with Crippen LogP contribution < -0.4 is 9.47 Å². The van der Waals surface area contributed by atoms with Gasteiger partial charge in [0.05, 0.1) is 11.6 Å². The van der Waals surface area contributed by atoms with E-state index in [4.69, 9.17) is 18.9 Å². The maximum atomic E-state index is 13.3. The number of fused-ring (bicyclic) bond motifs is 2. The summed E-state index contributed by atoms with van der Waals surface area (Å²) in [5.41, 5.74) is 3.34. The number of aromatic nitrogens is 1. The topological polar surface area (TPSA) is 86.9 Å². The van der Waals surface area contributed by atoms with Gasteiger partial charge >= 0.3 is 11.9 Å². The fraction of sp³-hybridized carbons (Fsp3) is 0.212. The number of H-pyrrole nitrogens is 1. The number of carbonyl (C=O) groups is 2. The third-order valence-corrected chi connectivity index (χ3v) is 7.94. The van der Waals surface area contributed by atoms with Gasteiger partial charge < -0.3 is 23.9 Å². The Morgan fingerprint density at radius 3 is 2.37 bits per heavy atom. The molecule has 0 unspecified atom stereocenters. The number of benzene rings is 4. The number of hydrogen-bond donors (Lipinski definition) is 1. The Balaban J connectivity index is 1.42. The van der Waals surface area contributed by atoms with Crippen LogP contribution in [-0.2, 0) is 25.7 Å². The van der Waals surface area contributed by atoms with Crippen LogP contribution in [0.1, 0.15) is 36.5 Å². The summed E-state index contributed by atoms with van der Waals surface area (Å²) in [5, 5.41) is 3.12. The Kier molecular flexibility index (Phi) is 6.95. The molecule has 1 saturated heterocycles. The van der Waals surface area contributed by atoms with E-state index in [9.17, 15) is 9.59 Å². The number of carbonyl (C=O) groups excluding carboxylic acids is 2. The second kappa shape index (κ2) is 10.6. The molecule has 0 amide bonds. The Bertz CT molecular complexity index is 1770. The van der Waals surface area contributed by atoms with Crippen LogP contribution in [0.5, 0.6) is 11.5 Å². The number of hydrogen-bond acceptors (Lipinski definition) is 6. The molecule has 7 nitrogen and oxygen atoms in total. The smallest absolute Gasteiger partial charge is 0.324 e. The Morgan fingerprint density at radius 1 is 0.927 bits per heavy atom. The van der Waals surface area contributed by atoms with Gasteiger partial charge in [0.15, 0.2) is 17.4 Å². The SMILES string of the molecule is COc1cc([C@H](c2c[nH]c3ccccc23)C2C(=O)OC(C)(C)OC2=O)cc(Br)c1OCc1cccc2ccccc12. The molecular weight excluding hydrogens is 586 g/mol. The Labute approximate surface area is 245 Å². The number of cyclic esters (lactones) is 2. The molecule has 0 aliphatic carbocycles. The number of ether oxygens (including phenoxy) is 4. The minimum Gasteiger partial charge on any atom is -0.493 e. The summed E-state index contributed by atoms with van der Waals surface area (Å²) in [6.45, 7) is 3.40. The van der Waals surface area contributed by atoms with Crippen LogP contribution in [-0.4, -0.2) is 29.8 Å². The summed E-state index contributed by atoms with van der Waals surface area (Å²) in [5.74, 6) is -3.61. The predicted octanol–water partition coefficient (Wildman–Crippen LogP) is 7.26. The lowest BCUT2D eigenvalue weighted by Crippen LogP contribution is -2.48. The lowest BCUT2D eigenvalue weighted by atomic mass is 9.80. The van der Waals surface area contributed by atoms with Crippen molar-refractivity contribution in [1.82, 2.24) is 4.98 Å². The third-order valence-electron chi connectivity index (χ3n) is 7.35. The van der Waals surface area contributed by atoms with Gasteiger partial charge in [-0.25, -0.2) is 0 Å². The largest absolute Gasteiger partial charge is 0.493 e. The average molecular weight is 614 g/mol. The summed E-state index contributed by atoms with van der Waals surface area (Å²) in [7, 11) is 1.56. The van der Waals surface area contributed by atoms with Crippen LogP contribution in [0.4, 0.5) is 0 Å². The maximum Gasteiger partial charge on any atom is 0.324 e. The van der Waals surface area contributed by atoms with Crippen molar-refractivity contribution in [2.45, 2.75) is 32.2 Å². The molecule has 6 rings (SSSR count). The van der Waals surface area contributed by atoms with E-state index >= 15 is 0 Å². The van der Waals surface area contributed by atoms with E-state index in [-0.39, 0.29) is 0 Å². The quantitative estimate of drug-likeness (QED) is 0.154. The lowest BCUT2D eigenvalue weighted by molar-refractivity contribution is -0.240. The molecule has 1 aromatic heterocycles. The van der Waals surface area contributed by atoms with Crippen molar-refractivity contribution < 1.29 is 28.5 Å². The van der Waals surface area contributed by atoms with E-state index in [0.29, 0.717) is 28.1 Å². The molecule has 8 heteroatoms. The molecule has 0 bridgehead atoms. The summed E-state index contributed by atoms with van der Waals surface area (Å²) in [6, 6.07) is 25.6. The number of methoxy groups -OCH3 is 1. The highest BCUT2D eigenvalue weighted by Gasteiger charge is 2.49. The first-order chi connectivity index (χ1) is 19.8. The maximum absolute atomic E-state index is 13.3. The van der Waals surface area contributed by atoms with Crippen LogP contribution in [0, 0.1) is 5.92 Å². The van der Waals surface area contributed by atoms with Gasteiger partial charge in [-0.05, 0) is 61.6 Å². The third kappa shape index (κ3) is 5.04. The van der Waals surface area contributed by atoms with Crippen molar-refractivity contribution in [3.8, 4) is 11.5 Å². The number of aromatic amines is 1. The number of rotatable bonds is 7. The van der Waals surface area contributed by atoms with Gasteiger partial charge in [0, 0.05) is 36.9 Å². The van der Waals surface area contributed by atoms with Gasteiger partial charge in [-0.15, -0.1) is 0 Å². The monoisotopic (exact) mass is 613 g/mol. The summed E-state index contributed by atoms with van der Waals surface area (Å²) >= 11 is 3.67. The molecular formula is C33H28BrNO6. The summed E-state index contributed by atoms with van der Waals surface area (Å²) in [6.07, 6.45) is 1.82. The first-order valence-corrected chi connectivity index (χ1v) is 14.0. The van der Waals surface area contributed by atoms with Crippen LogP contribution in [0.25, 0.3) is 21.7 Å². The van der Waals surface area contributed by atoms with Crippen molar-refractivity contribution in [2.24, 2.45) is 5.92 Å². The molecule has 1 N–H and O–H groups in total. The molecule has 0 radical (unpaired) electrons. The highest BCUT2D eigenvalue weighted by Crippen LogP contribution is 2.45. The zero-order valence-electron chi connectivity index (χ0n) is 22.8. The molecule has 1 aliphatic heterocycles. The van der Waals surface area contributed by atoms with Crippen molar-refractivity contribution >= 4 is 49.5 Å². The summed E-state index contributed by atoms with van der Waals surface area (Å²) in [4.78, 5) is 29.9. The highest BCUT2D eigenvalue weighted by molar-refractivity contribution is 9.10. The van der Waals surface area contributed by atoms with Crippen molar-refractivity contribution in [3.05, 3.63) is 106 Å². The number of nitrogens with one attached hydrogen (secondary N) is 1. The molecule has 1 fully saturated rings. The van der Waals surface area contributed by atoms with E-state index in [2.05, 4.69) is 39.1 Å². The van der Waals surface area contributed by atoms with E-state index in [1.54, 1.807) is 27.0 Å². The van der Waals surface area contributed by atoms with Gasteiger partial charge in [-0.3, -0.25) is 9.59 Å². The molecule has 1 aliphatic rings. The van der Waals surface area contributed by atoms with Gasteiger partial charge in [0.25, 0.3) is 5.79 Å². The van der Waals surface area contributed by atoms with E-state index in [1.807, 2.05) is 60.8 Å². The van der Waals surface area contributed by atoms with E-state index in [0.717, 1.165) is 32.8 Å². The number of esters is 2. The Hall–Kier alpha value is -4.30. The van der Waals surface area contributed by atoms with Gasteiger partial charge in [0.2, 0.25) is 0 Å². The summed E-state index contributed by atoms with van der Waals surface area (Å²) < 4.78 is 23.8. The van der Waals surface area contributed by atoms with Crippen molar-refractivity contribution in [1.29, 1.82) is 0 Å². The standard InChI is InChI=1S/C33H28BrNO6/c1-33(2)40-31(36)29(32(37)41-33)28(24-17-35-26-14-7-6-13-23(24)26)21-15-25(34)30(27(16-21)38-3)39-18-20-11-8-10-19-9-4-5-12-22(19)20/h4-17,28-29,35H,18H2,1-3H3/t28-/m1/s1. The average Bonchev–Trinajstić information content (AvgIpc) is 3.37. The lowest BCUT2D eigenvalue weighted by Gasteiger charge is -2.36. The number of para-hydroxylation sites is 1. The minimum absolute atomic E-state index is 0.317. The molecule has 0 saturated carbocycles. The zero-order valence-corrected chi connectivity index (χ0v) is 24.4. The first-order valence-electron chi connectivity index (χ1n) is 13.2. The van der Waals surface area contributed by atoms with Crippen molar-refractivity contribution in [2.75, 3.05) is 7.11 Å². The van der Waals surface area contributed by atoms with Crippen LogP contribution >= 0.6 is 15.9 Å². The molecule has 0 spiro atoms. The van der Waals surface area contributed by atoms with Crippen LogP contribution in [0.15, 0.2) is 89.5 Å². The molecule has 5 aromatic rings. The second-order valence-electron chi connectivity index (χ2n) is 10.4. The van der Waals surface area contributed by atoms with Gasteiger partial charge in [0.1, 0.15) is 6.61 Å². The predicted molar refractivity (Wildman–Crippen MR) is 159 cm³/mol. The first kappa shape index (κ1) is 26.9. The second-order valence-corrected chi connectivity index (χ2v) is 11.3. The van der Waals surface area contributed by atoms with E-state index < -0.39 is 29.6 Å². The van der Waals surface area contributed by atoms with Crippen molar-refractivity contribution in [3.63, 3.8) is 0 Å². The minimum atomic E-state index is -1.34. The van der Waals surface area contributed by atoms with E-state index in [1.165, 1.54) is 0 Å². The molecule has 2 heterocycles. The van der Waals surface area contributed by atoms with Crippen LogP contribution in [0.3, 0.4) is 0 Å². The van der Waals surface area contributed by atoms with Crippen LogP contribution in [0.2, 0.25) is 0 Å². The Morgan fingerprint density at radius 2 is 1.61 bits per heavy atom. The normalized spacial score (nSPS) is 15.9. The fourth-order valence-corrected chi connectivity index (χ4v) is 6.11. The zero-order chi connectivity index (χ0) is 28.7. The fourth-order valence-electron chi connectivity index (χ4n) is 5.53. The molecule has 208 valence electrons. The highest BCUT2D eigenvalue weighted by atomic mass is 79.9. The number of halogens is 1. The molecule has 41 heavy (non-hydrogen) atoms. The van der Waals surface area contributed by atoms with Gasteiger partial charge in [-0.2, -0.15) is 0 Å². The van der Waals surface area contributed by atoms with Gasteiger partial charge in [-0.1, -0.05) is 60.7 Å².